The molecular formula is C19H18NNaO8S. The van der Waals surface area contributed by atoms with Crippen LogP contribution in [0.2, 0.25) is 0 Å². The van der Waals surface area contributed by atoms with Gasteiger partial charge in [-0.15, -0.1) is 0 Å². The molecule has 0 spiro atoms. The van der Waals surface area contributed by atoms with Gasteiger partial charge in [0.15, 0.2) is 6.04 Å². The smallest absolute Gasteiger partial charge is 0.726 e. The van der Waals surface area contributed by atoms with Crippen molar-refractivity contribution in [3.8, 4) is 11.1 Å². The van der Waals surface area contributed by atoms with Crippen LogP contribution in [0.5, 0.6) is 0 Å². The Morgan fingerprint density at radius 3 is 2.07 bits per heavy atom. The molecule has 2 aromatic carbocycles. The second kappa shape index (κ2) is 9.90. The molecule has 2 N–H and O–H groups in total. The van der Waals surface area contributed by atoms with Crippen LogP contribution in [0, 0.1) is 0 Å². The maximum atomic E-state index is 12.1. The fourth-order valence-corrected chi connectivity index (χ4v) is 3.87. The molecule has 0 aromatic heterocycles. The summed E-state index contributed by atoms with van der Waals surface area (Å²) < 4.78 is 41.3. The molecule has 0 radical (unpaired) electrons. The summed E-state index contributed by atoms with van der Waals surface area (Å²) >= 11 is 0. The Balaban J connectivity index is 0.00000320. The van der Waals surface area contributed by atoms with Gasteiger partial charge >= 0.3 is 41.6 Å². The Morgan fingerprint density at radius 2 is 1.60 bits per heavy atom. The molecule has 154 valence electrons. The molecule has 1 aliphatic rings. The number of benzene rings is 2. The standard InChI is InChI=1S/C19H19NO8S.Na/c1-11(28-29(24,25)26)17(18(21)22)20-19(23)27-10-16-14-8-4-2-6-12(14)13-7-3-5-9-15(13)16;/h2-9,11,16-17H,10H2,1H3,(H,20,23)(H,21,22)(H,24,25,26);/q;+1/p-1. The van der Waals surface area contributed by atoms with Crippen LogP contribution < -0.4 is 34.9 Å². The second-order valence-electron chi connectivity index (χ2n) is 6.50. The first-order valence-corrected chi connectivity index (χ1v) is 9.99. The van der Waals surface area contributed by atoms with E-state index in [0.717, 1.165) is 29.2 Å². The number of nitrogens with one attached hydrogen (secondary N) is 1. The predicted octanol–water partition coefficient (Wildman–Crippen LogP) is -1.15. The van der Waals surface area contributed by atoms with E-state index >= 15 is 0 Å². The van der Waals surface area contributed by atoms with Gasteiger partial charge in [-0.3, -0.25) is 4.18 Å². The molecule has 0 fully saturated rings. The Kier molecular flexibility index (Phi) is 8.03. The minimum atomic E-state index is -5.14. The van der Waals surface area contributed by atoms with Crippen LogP contribution in [0.4, 0.5) is 4.79 Å². The number of carbonyl (C=O) groups is 2. The van der Waals surface area contributed by atoms with E-state index in [1.54, 1.807) is 0 Å². The number of carboxylic acids is 1. The number of ether oxygens (including phenoxy) is 1. The third-order valence-corrected chi connectivity index (χ3v) is 5.16. The molecule has 0 bridgehead atoms. The number of amides is 1. The van der Waals surface area contributed by atoms with Gasteiger partial charge in [-0.25, -0.2) is 18.0 Å². The van der Waals surface area contributed by atoms with Crippen LogP contribution >= 0.6 is 0 Å². The minimum absolute atomic E-state index is 0. The van der Waals surface area contributed by atoms with Crippen molar-refractivity contribution < 1.29 is 66.1 Å². The number of hydrogen-bond acceptors (Lipinski definition) is 7. The van der Waals surface area contributed by atoms with Gasteiger partial charge in [0.2, 0.25) is 10.4 Å². The third-order valence-electron chi connectivity index (χ3n) is 4.62. The zero-order chi connectivity index (χ0) is 21.2. The van der Waals surface area contributed by atoms with E-state index < -0.39 is 34.6 Å². The first-order chi connectivity index (χ1) is 13.7. The van der Waals surface area contributed by atoms with Crippen molar-refractivity contribution in [2.75, 3.05) is 6.61 Å². The normalized spacial score (nSPS) is 14.6. The second-order valence-corrected chi connectivity index (χ2v) is 7.50. The van der Waals surface area contributed by atoms with Crippen molar-refractivity contribution >= 4 is 22.5 Å². The number of fused-ring (bicyclic) bond motifs is 3. The van der Waals surface area contributed by atoms with E-state index in [4.69, 9.17) is 4.74 Å². The number of hydrogen-bond donors (Lipinski definition) is 2. The first-order valence-electron chi connectivity index (χ1n) is 8.66. The van der Waals surface area contributed by atoms with Crippen molar-refractivity contribution in [2.24, 2.45) is 0 Å². The zero-order valence-corrected chi connectivity index (χ0v) is 19.1. The number of rotatable bonds is 7. The largest absolute Gasteiger partial charge is 1.00 e. The van der Waals surface area contributed by atoms with Crippen molar-refractivity contribution in [3.05, 3.63) is 59.7 Å². The Labute approximate surface area is 195 Å². The monoisotopic (exact) mass is 443 g/mol. The number of alkyl carbamates (subject to hydrolysis) is 1. The summed E-state index contributed by atoms with van der Waals surface area (Å²) in [7, 11) is -5.14. The van der Waals surface area contributed by atoms with Crippen LogP contribution in [-0.4, -0.2) is 48.9 Å². The number of carboxylic acid groups (broad SMARTS) is 1. The first kappa shape index (κ1) is 24.3. The van der Waals surface area contributed by atoms with Crippen LogP contribution in [0.25, 0.3) is 11.1 Å². The van der Waals surface area contributed by atoms with Gasteiger partial charge in [-0.2, -0.15) is 0 Å². The molecule has 30 heavy (non-hydrogen) atoms. The molecule has 2 atom stereocenters. The van der Waals surface area contributed by atoms with Crippen molar-refractivity contribution in [1.29, 1.82) is 0 Å². The quantitative estimate of drug-likeness (QED) is 0.310. The summed E-state index contributed by atoms with van der Waals surface area (Å²) in [6, 6.07) is 13.6. The number of aliphatic carboxylic acids is 1. The average molecular weight is 443 g/mol. The average Bonchev–Trinajstić information content (AvgIpc) is 2.96. The van der Waals surface area contributed by atoms with Crippen LogP contribution in [0.15, 0.2) is 48.5 Å². The molecule has 1 amide bonds. The summed E-state index contributed by atoms with van der Waals surface area (Å²) in [5.74, 6) is -1.80. The van der Waals surface area contributed by atoms with E-state index in [0.29, 0.717) is 0 Å². The molecule has 1 aliphatic carbocycles. The molecule has 0 saturated heterocycles. The topological polar surface area (TPSA) is 142 Å². The minimum Gasteiger partial charge on any atom is -0.726 e. The van der Waals surface area contributed by atoms with Gasteiger partial charge in [0, 0.05) is 5.92 Å². The molecular weight excluding hydrogens is 425 g/mol. The fraction of sp³-hybridized carbons (Fsp3) is 0.263. The maximum Gasteiger partial charge on any atom is 1.00 e. The molecule has 0 heterocycles. The summed E-state index contributed by atoms with van der Waals surface area (Å²) in [4.78, 5) is 23.4. The van der Waals surface area contributed by atoms with Gasteiger partial charge in [0.25, 0.3) is 0 Å². The van der Waals surface area contributed by atoms with E-state index in [1.165, 1.54) is 0 Å². The van der Waals surface area contributed by atoms with Gasteiger partial charge in [0.1, 0.15) is 12.7 Å². The molecule has 0 aliphatic heterocycles. The van der Waals surface area contributed by atoms with Crippen molar-refractivity contribution in [2.45, 2.75) is 25.0 Å². The maximum absolute atomic E-state index is 12.1. The van der Waals surface area contributed by atoms with Gasteiger partial charge in [0.05, 0.1) is 0 Å². The molecule has 2 aromatic rings. The summed E-state index contributed by atoms with van der Waals surface area (Å²) in [5.41, 5.74) is 4.02. The molecule has 3 rings (SSSR count). The van der Waals surface area contributed by atoms with E-state index in [2.05, 4.69) is 4.18 Å². The van der Waals surface area contributed by atoms with Gasteiger partial charge in [-0.1, -0.05) is 48.5 Å². The SMILES string of the molecule is CC(OS(=O)(=O)[O-])C(NC(=O)OCC1c2ccccc2-c2ccccc21)C(=O)O.[Na+]. The van der Waals surface area contributed by atoms with E-state index in [9.17, 15) is 27.7 Å². The van der Waals surface area contributed by atoms with Crippen molar-refractivity contribution in [1.82, 2.24) is 5.32 Å². The fourth-order valence-electron chi connectivity index (χ4n) is 3.39. The number of carbonyl (C=O) groups excluding carboxylic acids is 1. The summed E-state index contributed by atoms with van der Waals surface area (Å²) in [6.07, 6.45) is -2.69. The Morgan fingerprint density at radius 1 is 1.10 bits per heavy atom. The van der Waals surface area contributed by atoms with Crippen LogP contribution in [0.3, 0.4) is 0 Å². The molecule has 9 nitrogen and oxygen atoms in total. The zero-order valence-electron chi connectivity index (χ0n) is 16.3. The van der Waals surface area contributed by atoms with Crippen molar-refractivity contribution in [3.63, 3.8) is 0 Å². The Bertz CT molecular complexity index is 997. The molecule has 2 unspecified atom stereocenters. The van der Waals surface area contributed by atoms with Crippen LogP contribution in [0.1, 0.15) is 24.0 Å². The predicted molar refractivity (Wildman–Crippen MR) is 99.9 cm³/mol. The van der Waals surface area contributed by atoms with Crippen LogP contribution in [-0.2, 0) is 24.1 Å². The van der Waals surface area contributed by atoms with E-state index in [-0.39, 0.29) is 42.1 Å². The van der Waals surface area contributed by atoms with Gasteiger partial charge < -0.3 is 19.7 Å². The third kappa shape index (κ3) is 5.60. The summed E-state index contributed by atoms with van der Waals surface area (Å²) in [5, 5.41) is 11.2. The molecule has 11 heteroatoms. The van der Waals surface area contributed by atoms with Gasteiger partial charge in [-0.05, 0) is 29.2 Å². The Hall–Kier alpha value is -1.95. The molecule has 0 saturated carbocycles. The summed E-state index contributed by atoms with van der Waals surface area (Å²) in [6.45, 7) is 0.985. The van der Waals surface area contributed by atoms with E-state index in [1.807, 2.05) is 53.8 Å².